The molecule has 2 aliphatic carbocycles. The smallest absolute Gasteiger partial charge is 0.225 e. The van der Waals surface area contributed by atoms with Crippen molar-refractivity contribution in [2.24, 2.45) is 0 Å². The lowest BCUT2D eigenvalue weighted by Crippen LogP contribution is -2.40. The molecule has 1 aromatic carbocycles. The second kappa shape index (κ2) is 12.5. The minimum Gasteiger partial charge on any atom is -0.379 e. The Morgan fingerprint density at radius 3 is 2.65 bits per heavy atom. The van der Waals surface area contributed by atoms with Gasteiger partial charge in [0.05, 0.1) is 37.3 Å². The molecule has 3 N–H and O–H groups in total. The lowest BCUT2D eigenvalue weighted by molar-refractivity contribution is -0.00844. The third kappa shape index (κ3) is 7.59. The minimum atomic E-state index is -3.21. The summed E-state index contributed by atoms with van der Waals surface area (Å²) in [4.78, 5) is 11.3. The molecular weight excluding hydrogens is 552 g/mol. The predicted molar refractivity (Wildman–Crippen MR) is 157 cm³/mol. The van der Waals surface area contributed by atoms with Gasteiger partial charge in [-0.2, -0.15) is 4.98 Å². The van der Waals surface area contributed by atoms with Crippen molar-refractivity contribution < 1.29 is 17.9 Å². The van der Waals surface area contributed by atoms with Crippen LogP contribution >= 0.6 is 11.6 Å². The number of anilines is 3. The van der Waals surface area contributed by atoms with Gasteiger partial charge in [0.15, 0.2) is 5.82 Å². The Labute approximate surface area is 241 Å². The minimum absolute atomic E-state index is 0.0938. The Morgan fingerprint density at radius 1 is 1.20 bits per heavy atom. The van der Waals surface area contributed by atoms with Crippen molar-refractivity contribution in [2.75, 3.05) is 50.1 Å². The van der Waals surface area contributed by atoms with Gasteiger partial charge in [0.1, 0.15) is 10.6 Å². The highest BCUT2D eigenvalue weighted by molar-refractivity contribution is 7.90. The second-order valence-corrected chi connectivity index (χ2v) is 13.0. The predicted octanol–water partition coefficient (Wildman–Crippen LogP) is 3.86. The number of halogens is 1. The molecule has 0 amide bonds. The molecule has 3 aliphatic rings. The molecule has 12 heteroatoms. The Balaban J connectivity index is 1.14. The van der Waals surface area contributed by atoms with Crippen LogP contribution in [0, 0.1) is 0 Å². The fraction of sp³-hybridized carbons (Fsp3) is 0.500. The molecule has 216 valence electrons. The Kier molecular flexibility index (Phi) is 9.08. The first kappa shape index (κ1) is 29.0. The Morgan fingerprint density at radius 2 is 1.95 bits per heavy atom. The van der Waals surface area contributed by atoms with E-state index in [1.165, 1.54) is 0 Å². The third-order valence-corrected chi connectivity index (χ3v) is 9.62. The van der Waals surface area contributed by atoms with Crippen LogP contribution in [-0.4, -0.2) is 79.6 Å². The molecule has 2 fully saturated rings. The largest absolute Gasteiger partial charge is 0.379 e. The van der Waals surface area contributed by atoms with Gasteiger partial charge in [-0.25, -0.2) is 18.1 Å². The topological polar surface area (TPSA) is 118 Å². The molecule has 0 bridgehead atoms. The average molecular weight is 589 g/mol. The van der Waals surface area contributed by atoms with Gasteiger partial charge >= 0.3 is 0 Å². The van der Waals surface area contributed by atoms with Gasteiger partial charge in [-0.15, -0.1) is 0 Å². The van der Waals surface area contributed by atoms with Crippen LogP contribution in [0.25, 0.3) is 0 Å². The number of nitrogens with zero attached hydrogens (tertiary/aromatic N) is 3. The number of morpholine rings is 1. The second-order valence-electron chi connectivity index (χ2n) is 10.6. The molecule has 2 aromatic rings. The van der Waals surface area contributed by atoms with Crippen LogP contribution in [0.4, 0.5) is 17.5 Å². The Hall–Kier alpha value is -2.54. The summed E-state index contributed by atoms with van der Waals surface area (Å²) in [6, 6.07) is 7.37. The first-order valence-corrected chi connectivity index (χ1v) is 15.6. The van der Waals surface area contributed by atoms with E-state index in [-0.39, 0.29) is 17.8 Å². The first-order valence-electron chi connectivity index (χ1n) is 13.7. The monoisotopic (exact) mass is 588 g/mol. The van der Waals surface area contributed by atoms with Crippen molar-refractivity contribution >= 4 is 39.1 Å². The normalized spacial score (nSPS) is 23.6. The number of sulfonamides is 1. The highest BCUT2D eigenvalue weighted by Crippen LogP contribution is 2.30. The Bertz CT molecular complexity index is 1340. The van der Waals surface area contributed by atoms with E-state index in [2.05, 4.69) is 62.3 Å². The van der Waals surface area contributed by atoms with Crippen molar-refractivity contribution in [3.63, 3.8) is 0 Å². The zero-order valence-corrected chi connectivity index (χ0v) is 24.5. The highest BCUT2D eigenvalue weighted by Gasteiger charge is 2.35. The maximum atomic E-state index is 12.1. The van der Waals surface area contributed by atoms with E-state index in [9.17, 15) is 8.42 Å². The van der Waals surface area contributed by atoms with Crippen molar-refractivity contribution in [3.05, 3.63) is 64.8 Å². The number of hydrogen-bond acceptors (Lipinski definition) is 9. The van der Waals surface area contributed by atoms with Crippen molar-refractivity contribution in [1.29, 1.82) is 0 Å². The van der Waals surface area contributed by atoms with Crippen LogP contribution in [0.5, 0.6) is 0 Å². The number of hydrogen-bond donors (Lipinski definition) is 3. The van der Waals surface area contributed by atoms with E-state index in [1.54, 1.807) is 6.20 Å². The molecule has 40 heavy (non-hydrogen) atoms. The molecule has 0 radical (unpaired) electrons. The molecule has 2 unspecified atom stereocenters. The summed E-state index contributed by atoms with van der Waals surface area (Å²) < 4.78 is 38.5. The highest BCUT2D eigenvalue weighted by atomic mass is 35.5. The number of benzene rings is 1. The van der Waals surface area contributed by atoms with Crippen molar-refractivity contribution in [1.82, 2.24) is 19.6 Å². The molecule has 5 rings (SSSR count). The van der Waals surface area contributed by atoms with E-state index in [0.717, 1.165) is 62.5 Å². The van der Waals surface area contributed by atoms with Gasteiger partial charge in [-0.1, -0.05) is 42.0 Å². The molecule has 2 heterocycles. The van der Waals surface area contributed by atoms with Crippen LogP contribution in [-0.2, 0) is 26.0 Å². The number of ether oxygens (including phenoxy) is 2. The molecule has 1 saturated carbocycles. The van der Waals surface area contributed by atoms with Gasteiger partial charge < -0.3 is 20.1 Å². The summed E-state index contributed by atoms with van der Waals surface area (Å²) in [5.74, 6) is 0.909. The van der Waals surface area contributed by atoms with E-state index in [1.807, 2.05) is 24.3 Å². The summed E-state index contributed by atoms with van der Waals surface area (Å²) in [5.41, 5.74) is 2.30. The summed E-state index contributed by atoms with van der Waals surface area (Å²) in [6.07, 6.45) is 9.30. The molecule has 2 atom stereocenters. The fourth-order valence-electron chi connectivity index (χ4n) is 4.57. The van der Waals surface area contributed by atoms with Gasteiger partial charge in [-0.05, 0) is 50.0 Å². The number of aromatic nitrogens is 2. The third-order valence-electron chi connectivity index (χ3n) is 7.44. The molecule has 10 nitrogen and oxygen atoms in total. The molecule has 1 aliphatic heterocycles. The molecule has 0 spiro atoms. The van der Waals surface area contributed by atoms with Crippen LogP contribution < -0.4 is 15.4 Å². The summed E-state index contributed by atoms with van der Waals surface area (Å²) in [7, 11) is -3.21. The van der Waals surface area contributed by atoms with Gasteiger partial charge in [0, 0.05) is 31.9 Å². The first-order chi connectivity index (χ1) is 19.2. The quantitative estimate of drug-likeness (QED) is 0.318. The van der Waals surface area contributed by atoms with Crippen LogP contribution in [0.3, 0.4) is 0 Å². The standard InChI is InChI=1S/C28H37ClN6O4S/c1-20-17-23(9-10-28(20,2)39-16-13-35-11-14-38-15-12-35)33-27-30-19-25(29)26(34-27)32-22-5-3-21(4-6-22)18-31-40(36,37)24-7-8-24/h3-6,9-10,17,19,23-24,31H,7-8,11-16,18H2,1-2H3,(H2,30,32,33,34). The van der Waals surface area contributed by atoms with Gasteiger partial charge in [0.2, 0.25) is 16.0 Å². The number of rotatable bonds is 12. The fourth-order valence-corrected chi connectivity index (χ4v) is 6.07. The van der Waals surface area contributed by atoms with E-state index in [4.69, 9.17) is 21.1 Å². The average Bonchev–Trinajstić information content (AvgIpc) is 3.80. The molecule has 1 aromatic heterocycles. The van der Waals surface area contributed by atoms with Crippen molar-refractivity contribution in [3.8, 4) is 0 Å². The van der Waals surface area contributed by atoms with Crippen LogP contribution in [0.1, 0.15) is 32.3 Å². The van der Waals surface area contributed by atoms with E-state index < -0.39 is 15.6 Å². The zero-order valence-electron chi connectivity index (χ0n) is 22.9. The zero-order chi connectivity index (χ0) is 28.2. The SMILES string of the molecule is CC1=CC(Nc2ncc(Cl)c(Nc3ccc(CNS(=O)(=O)C4CC4)cc3)n2)C=CC1(C)OCCN1CCOCC1. The van der Waals surface area contributed by atoms with E-state index >= 15 is 0 Å². The van der Waals surface area contributed by atoms with Gasteiger partial charge in [-0.3, -0.25) is 4.90 Å². The summed E-state index contributed by atoms with van der Waals surface area (Å²) >= 11 is 6.38. The van der Waals surface area contributed by atoms with E-state index in [0.29, 0.717) is 23.4 Å². The lowest BCUT2D eigenvalue weighted by atomic mass is 9.89. The van der Waals surface area contributed by atoms with Crippen LogP contribution in [0.15, 0.2) is 54.3 Å². The summed E-state index contributed by atoms with van der Waals surface area (Å²) in [6.45, 7) is 9.42. The molecular formula is C28H37ClN6O4S. The molecule has 1 saturated heterocycles. The van der Waals surface area contributed by atoms with Crippen LogP contribution in [0.2, 0.25) is 5.02 Å². The maximum absolute atomic E-state index is 12.1. The van der Waals surface area contributed by atoms with Gasteiger partial charge in [0.25, 0.3) is 0 Å². The maximum Gasteiger partial charge on any atom is 0.225 e. The number of nitrogens with one attached hydrogen (secondary N) is 3. The lowest BCUT2D eigenvalue weighted by Gasteiger charge is -2.34. The van der Waals surface area contributed by atoms with Crippen molar-refractivity contribution in [2.45, 2.75) is 50.1 Å². The summed E-state index contributed by atoms with van der Waals surface area (Å²) in [5, 5.41) is 6.71.